The first-order valence-corrected chi connectivity index (χ1v) is 9.89. The molecule has 2 saturated carbocycles. The van der Waals surface area contributed by atoms with Crippen molar-refractivity contribution in [1.29, 1.82) is 0 Å². The first kappa shape index (κ1) is 18.7. The standard InChI is InChI=1S/C21H30N2O3/c1-15(17-8-3-2-4-9-17)23(14-16-6-5-7-16)21(26)22-19-12-10-18(11-13-19)20(24)25/h2-4,8-9,15-16,18-19H,5-7,10-14H2,1H3,(H,22,26)(H,24,25). The van der Waals surface area contributed by atoms with Crippen molar-refractivity contribution in [3.05, 3.63) is 35.9 Å². The number of carbonyl (C=O) groups excluding carboxylic acids is 1. The summed E-state index contributed by atoms with van der Waals surface area (Å²) in [7, 11) is 0. The van der Waals surface area contributed by atoms with Crippen molar-refractivity contribution in [2.75, 3.05) is 6.54 Å². The minimum atomic E-state index is -0.709. The quantitative estimate of drug-likeness (QED) is 0.800. The van der Waals surface area contributed by atoms with Gasteiger partial charge in [0, 0.05) is 12.6 Å². The van der Waals surface area contributed by atoms with E-state index in [-0.39, 0.29) is 24.0 Å². The highest BCUT2D eigenvalue weighted by molar-refractivity contribution is 5.75. The van der Waals surface area contributed by atoms with Gasteiger partial charge in [0.1, 0.15) is 0 Å². The Balaban J connectivity index is 1.62. The van der Waals surface area contributed by atoms with Gasteiger partial charge in [0.15, 0.2) is 0 Å². The summed E-state index contributed by atoms with van der Waals surface area (Å²) in [5.41, 5.74) is 1.15. The maximum Gasteiger partial charge on any atom is 0.318 e. The SMILES string of the molecule is CC(c1ccccc1)N(CC1CCC1)C(=O)NC1CCC(C(=O)O)CC1. The van der Waals surface area contributed by atoms with Crippen LogP contribution in [0, 0.1) is 11.8 Å². The topological polar surface area (TPSA) is 69.6 Å². The number of hydrogen-bond donors (Lipinski definition) is 2. The number of carboxylic acids is 1. The van der Waals surface area contributed by atoms with Gasteiger partial charge in [-0.05, 0) is 56.9 Å². The zero-order valence-electron chi connectivity index (χ0n) is 15.6. The lowest BCUT2D eigenvalue weighted by atomic mass is 9.84. The van der Waals surface area contributed by atoms with Crippen molar-refractivity contribution >= 4 is 12.0 Å². The number of aliphatic carboxylic acids is 1. The first-order valence-electron chi connectivity index (χ1n) is 9.89. The third-order valence-corrected chi connectivity index (χ3v) is 6.09. The van der Waals surface area contributed by atoms with Gasteiger partial charge in [0.05, 0.1) is 12.0 Å². The van der Waals surface area contributed by atoms with Gasteiger partial charge in [0.25, 0.3) is 0 Å². The average Bonchev–Trinajstić information content (AvgIpc) is 2.61. The lowest BCUT2D eigenvalue weighted by Gasteiger charge is -2.37. The molecule has 0 radical (unpaired) electrons. The molecular formula is C21H30N2O3. The fourth-order valence-electron chi connectivity index (χ4n) is 4.02. The Morgan fingerprint density at radius 3 is 2.31 bits per heavy atom. The second-order valence-corrected chi connectivity index (χ2v) is 7.87. The predicted molar refractivity (Wildman–Crippen MR) is 101 cm³/mol. The highest BCUT2D eigenvalue weighted by atomic mass is 16.4. The summed E-state index contributed by atoms with van der Waals surface area (Å²) in [6.07, 6.45) is 6.47. The van der Waals surface area contributed by atoms with Crippen LogP contribution < -0.4 is 5.32 Å². The zero-order valence-corrected chi connectivity index (χ0v) is 15.6. The summed E-state index contributed by atoms with van der Waals surface area (Å²) >= 11 is 0. The highest BCUT2D eigenvalue weighted by Gasteiger charge is 2.31. The Bertz CT molecular complexity index is 607. The second kappa shape index (κ2) is 8.56. The molecule has 2 aliphatic rings. The van der Waals surface area contributed by atoms with Gasteiger partial charge in [-0.3, -0.25) is 4.79 Å². The Hall–Kier alpha value is -2.04. The molecule has 0 spiro atoms. The number of nitrogens with zero attached hydrogens (tertiary/aromatic N) is 1. The van der Waals surface area contributed by atoms with Crippen LogP contribution in [0.15, 0.2) is 30.3 Å². The number of carbonyl (C=O) groups is 2. The number of urea groups is 1. The van der Waals surface area contributed by atoms with E-state index in [1.807, 2.05) is 23.1 Å². The molecule has 5 nitrogen and oxygen atoms in total. The third kappa shape index (κ3) is 4.57. The van der Waals surface area contributed by atoms with Crippen LogP contribution in [-0.4, -0.2) is 34.6 Å². The molecule has 2 aliphatic carbocycles. The summed E-state index contributed by atoms with van der Waals surface area (Å²) in [6.45, 7) is 2.89. The minimum absolute atomic E-state index is 0.00738. The van der Waals surface area contributed by atoms with E-state index in [0.717, 1.165) is 24.9 Å². The molecule has 0 bridgehead atoms. The fourth-order valence-corrected chi connectivity index (χ4v) is 4.02. The normalized spacial score (nSPS) is 24.3. The molecule has 1 atom stereocenters. The van der Waals surface area contributed by atoms with E-state index >= 15 is 0 Å². The van der Waals surface area contributed by atoms with E-state index in [4.69, 9.17) is 5.11 Å². The minimum Gasteiger partial charge on any atom is -0.481 e. The molecule has 2 N–H and O–H groups in total. The lowest BCUT2D eigenvalue weighted by Crippen LogP contribution is -2.49. The van der Waals surface area contributed by atoms with Crippen LogP contribution in [-0.2, 0) is 4.79 Å². The summed E-state index contributed by atoms with van der Waals surface area (Å²) < 4.78 is 0. The molecule has 3 rings (SSSR count). The van der Waals surface area contributed by atoms with E-state index in [1.54, 1.807) is 0 Å². The van der Waals surface area contributed by atoms with Crippen molar-refractivity contribution in [3.63, 3.8) is 0 Å². The molecule has 5 heteroatoms. The summed E-state index contributed by atoms with van der Waals surface area (Å²) in [5, 5.41) is 12.3. The Labute approximate surface area is 155 Å². The average molecular weight is 358 g/mol. The Morgan fingerprint density at radius 2 is 1.77 bits per heavy atom. The van der Waals surface area contributed by atoms with Gasteiger partial charge in [-0.2, -0.15) is 0 Å². The number of nitrogens with one attached hydrogen (secondary N) is 1. The number of amides is 2. The largest absolute Gasteiger partial charge is 0.481 e. The van der Waals surface area contributed by atoms with Crippen molar-refractivity contribution in [2.24, 2.45) is 11.8 Å². The molecule has 0 aromatic heterocycles. The van der Waals surface area contributed by atoms with Crippen LogP contribution in [0.2, 0.25) is 0 Å². The van der Waals surface area contributed by atoms with Crippen LogP contribution >= 0.6 is 0 Å². The third-order valence-electron chi connectivity index (χ3n) is 6.09. The number of benzene rings is 1. The van der Waals surface area contributed by atoms with Gasteiger partial charge in [-0.1, -0.05) is 36.8 Å². The smallest absolute Gasteiger partial charge is 0.318 e. The van der Waals surface area contributed by atoms with Gasteiger partial charge in [-0.15, -0.1) is 0 Å². The molecular weight excluding hydrogens is 328 g/mol. The van der Waals surface area contributed by atoms with Gasteiger partial charge in [0.2, 0.25) is 0 Å². The van der Waals surface area contributed by atoms with Gasteiger partial charge < -0.3 is 15.3 Å². The molecule has 0 aliphatic heterocycles. The van der Waals surface area contributed by atoms with E-state index in [2.05, 4.69) is 24.4 Å². The van der Waals surface area contributed by atoms with Crippen LogP contribution in [0.3, 0.4) is 0 Å². The van der Waals surface area contributed by atoms with Crippen molar-refractivity contribution in [3.8, 4) is 0 Å². The summed E-state index contributed by atoms with van der Waals surface area (Å²) in [4.78, 5) is 26.1. The van der Waals surface area contributed by atoms with Crippen LogP contribution in [0.4, 0.5) is 4.79 Å². The molecule has 142 valence electrons. The molecule has 2 amide bonds. The van der Waals surface area contributed by atoms with Crippen molar-refractivity contribution in [2.45, 2.75) is 64.0 Å². The van der Waals surface area contributed by atoms with Crippen molar-refractivity contribution in [1.82, 2.24) is 10.2 Å². The van der Waals surface area contributed by atoms with Crippen LogP contribution in [0.1, 0.15) is 63.5 Å². The second-order valence-electron chi connectivity index (χ2n) is 7.87. The molecule has 1 aromatic carbocycles. The van der Waals surface area contributed by atoms with E-state index < -0.39 is 5.97 Å². The molecule has 1 unspecified atom stereocenters. The predicted octanol–water partition coefficient (Wildman–Crippen LogP) is 4.20. The van der Waals surface area contributed by atoms with Crippen LogP contribution in [0.5, 0.6) is 0 Å². The number of hydrogen-bond acceptors (Lipinski definition) is 2. The van der Waals surface area contributed by atoms with E-state index in [0.29, 0.717) is 18.8 Å². The zero-order chi connectivity index (χ0) is 18.5. The Kier molecular flexibility index (Phi) is 6.17. The Morgan fingerprint density at radius 1 is 1.12 bits per heavy atom. The summed E-state index contributed by atoms with van der Waals surface area (Å²) in [5.74, 6) is -0.355. The van der Waals surface area contributed by atoms with Gasteiger partial charge in [-0.25, -0.2) is 4.79 Å². The van der Waals surface area contributed by atoms with E-state index in [9.17, 15) is 9.59 Å². The molecule has 0 heterocycles. The number of rotatable bonds is 6. The number of carboxylic acid groups (broad SMARTS) is 1. The maximum absolute atomic E-state index is 13.0. The lowest BCUT2D eigenvalue weighted by molar-refractivity contribution is -0.142. The monoisotopic (exact) mass is 358 g/mol. The molecule has 26 heavy (non-hydrogen) atoms. The molecule has 0 saturated heterocycles. The fraction of sp³-hybridized carbons (Fsp3) is 0.619. The van der Waals surface area contributed by atoms with Crippen molar-refractivity contribution < 1.29 is 14.7 Å². The van der Waals surface area contributed by atoms with Crippen LogP contribution in [0.25, 0.3) is 0 Å². The maximum atomic E-state index is 13.0. The molecule has 2 fully saturated rings. The summed E-state index contributed by atoms with van der Waals surface area (Å²) in [6, 6.07) is 10.3. The van der Waals surface area contributed by atoms with Gasteiger partial charge >= 0.3 is 12.0 Å². The molecule has 1 aromatic rings. The highest BCUT2D eigenvalue weighted by Crippen LogP contribution is 2.31. The first-order chi connectivity index (χ1) is 12.5. The van der Waals surface area contributed by atoms with E-state index in [1.165, 1.54) is 19.3 Å².